The molecule has 4 nitrogen and oxygen atoms in total. The van der Waals surface area contributed by atoms with Crippen molar-refractivity contribution >= 4 is 0 Å². The van der Waals surface area contributed by atoms with E-state index in [1.165, 1.54) is 5.01 Å². The van der Waals surface area contributed by atoms with Crippen LogP contribution in [0.15, 0.2) is 0 Å². The van der Waals surface area contributed by atoms with Gasteiger partial charge in [-0.1, -0.05) is 19.8 Å². The average molecular weight is 180 g/mol. The highest BCUT2D eigenvalue weighted by molar-refractivity contribution is 4.96. The third kappa shape index (κ3) is 5.19. The van der Waals surface area contributed by atoms with Crippen LogP contribution >= 0.6 is 0 Å². The van der Waals surface area contributed by atoms with E-state index in [4.69, 9.17) is 16.4 Å². The van der Waals surface area contributed by atoms with E-state index >= 15 is 0 Å². The van der Waals surface area contributed by atoms with Crippen molar-refractivity contribution in [3.05, 3.63) is 0 Å². The molecule has 0 aliphatic rings. The molecule has 0 saturated heterocycles. The van der Waals surface area contributed by atoms with E-state index in [2.05, 4.69) is 6.92 Å². The van der Waals surface area contributed by atoms with Crippen molar-refractivity contribution in [3.8, 4) is 12.1 Å². The van der Waals surface area contributed by atoms with Gasteiger partial charge in [0.25, 0.3) is 0 Å². The number of unbranched alkanes of at least 4 members (excludes halogenated alkanes) is 2. The van der Waals surface area contributed by atoms with Gasteiger partial charge in [-0.25, -0.2) is 5.01 Å². The summed E-state index contributed by atoms with van der Waals surface area (Å²) in [6, 6.07) is 3.50. The lowest BCUT2D eigenvalue weighted by atomic mass is 10.2. The molecule has 72 valence electrons. The summed E-state index contributed by atoms with van der Waals surface area (Å²) < 4.78 is 0. The molecule has 0 saturated carbocycles. The molecule has 0 aromatic heterocycles. The maximum absolute atomic E-state index is 8.66. The molecule has 0 heterocycles. The fraction of sp³-hybridized carbons (Fsp3) is 0.778. The van der Waals surface area contributed by atoms with Gasteiger partial charge >= 0.3 is 0 Å². The Hall–Kier alpha value is -1.10. The van der Waals surface area contributed by atoms with E-state index in [-0.39, 0.29) is 6.42 Å². The van der Waals surface area contributed by atoms with Crippen LogP contribution in [0, 0.1) is 22.7 Å². The lowest BCUT2D eigenvalue weighted by Gasteiger charge is -2.19. The molecule has 13 heavy (non-hydrogen) atoms. The van der Waals surface area contributed by atoms with E-state index in [0.717, 1.165) is 19.3 Å². The van der Waals surface area contributed by atoms with Crippen molar-refractivity contribution in [3.63, 3.8) is 0 Å². The molecule has 0 radical (unpaired) electrons. The zero-order valence-corrected chi connectivity index (χ0v) is 8.03. The van der Waals surface area contributed by atoms with Gasteiger partial charge < -0.3 is 0 Å². The van der Waals surface area contributed by atoms with E-state index in [9.17, 15) is 0 Å². The molecule has 0 aromatic carbocycles. The number of rotatable bonds is 6. The first-order chi connectivity index (χ1) is 6.26. The fourth-order valence-corrected chi connectivity index (χ4v) is 1.02. The zero-order valence-electron chi connectivity index (χ0n) is 8.03. The van der Waals surface area contributed by atoms with Crippen molar-refractivity contribution in [1.29, 1.82) is 10.5 Å². The summed E-state index contributed by atoms with van der Waals surface area (Å²) in [5.74, 6) is 5.62. The highest BCUT2D eigenvalue weighted by Crippen LogP contribution is 2.01. The maximum Gasteiger partial charge on any atom is 0.124 e. The first kappa shape index (κ1) is 11.9. The molecule has 0 rings (SSSR count). The van der Waals surface area contributed by atoms with E-state index in [1.807, 2.05) is 12.1 Å². The number of hydrazine groups is 1. The van der Waals surface area contributed by atoms with Crippen LogP contribution in [0.1, 0.15) is 32.6 Å². The zero-order chi connectivity index (χ0) is 10.1. The molecule has 0 fully saturated rings. The minimum atomic E-state index is -0.457. The molecule has 0 bridgehead atoms. The molecule has 1 atom stereocenters. The molecule has 2 N–H and O–H groups in total. The molecular formula is C9H16N4. The molecule has 0 spiro atoms. The average Bonchev–Trinajstić information content (AvgIpc) is 2.14. The van der Waals surface area contributed by atoms with Crippen LogP contribution in [0.3, 0.4) is 0 Å². The third-order valence-corrected chi connectivity index (χ3v) is 1.85. The van der Waals surface area contributed by atoms with Crippen LogP contribution in [-0.4, -0.2) is 17.6 Å². The molecule has 0 aliphatic heterocycles. The van der Waals surface area contributed by atoms with Crippen LogP contribution < -0.4 is 5.84 Å². The van der Waals surface area contributed by atoms with Crippen molar-refractivity contribution < 1.29 is 0 Å². The lowest BCUT2D eigenvalue weighted by molar-refractivity contribution is 0.237. The third-order valence-electron chi connectivity index (χ3n) is 1.85. The molecule has 4 heteroatoms. The Kier molecular flexibility index (Phi) is 6.91. The van der Waals surface area contributed by atoms with Crippen LogP contribution in [0.25, 0.3) is 0 Å². The Bertz CT molecular complexity index is 201. The minimum Gasteiger partial charge on any atom is -0.268 e. The van der Waals surface area contributed by atoms with Gasteiger partial charge in [-0.05, 0) is 6.42 Å². The summed E-state index contributed by atoms with van der Waals surface area (Å²) >= 11 is 0. The molecule has 0 aliphatic carbocycles. The molecular weight excluding hydrogens is 164 g/mol. The number of nitrogens with two attached hydrogens (primary N) is 1. The maximum atomic E-state index is 8.66. The largest absolute Gasteiger partial charge is 0.268 e. The quantitative estimate of drug-likeness (QED) is 0.378. The number of hydrogen-bond acceptors (Lipinski definition) is 4. The second-order valence-electron chi connectivity index (χ2n) is 2.95. The summed E-state index contributed by atoms with van der Waals surface area (Å²) in [7, 11) is 0. The normalized spacial score (nSPS) is 12.1. The second kappa shape index (κ2) is 7.54. The monoisotopic (exact) mass is 180 g/mol. The van der Waals surface area contributed by atoms with Gasteiger partial charge in [0, 0.05) is 6.54 Å². The minimum absolute atomic E-state index is 0.180. The number of nitriles is 2. The van der Waals surface area contributed by atoms with Gasteiger partial charge in [-0.15, -0.1) is 0 Å². The van der Waals surface area contributed by atoms with Gasteiger partial charge in [0.2, 0.25) is 0 Å². The van der Waals surface area contributed by atoms with Crippen molar-refractivity contribution in [2.45, 2.75) is 38.6 Å². The van der Waals surface area contributed by atoms with E-state index < -0.39 is 6.04 Å². The Morgan fingerprint density at radius 1 is 1.38 bits per heavy atom. The van der Waals surface area contributed by atoms with Gasteiger partial charge in [-0.2, -0.15) is 10.5 Å². The highest BCUT2D eigenvalue weighted by Gasteiger charge is 2.12. The van der Waals surface area contributed by atoms with Gasteiger partial charge in [0.05, 0.1) is 18.6 Å². The summed E-state index contributed by atoms with van der Waals surface area (Å²) in [5.41, 5.74) is 0. The first-order valence-corrected chi connectivity index (χ1v) is 4.54. The molecule has 0 amide bonds. The summed E-state index contributed by atoms with van der Waals surface area (Å²) in [5, 5.41) is 18.5. The van der Waals surface area contributed by atoms with E-state index in [0.29, 0.717) is 6.54 Å². The second-order valence-corrected chi connectivity index (χ2v) is 2.95. The predicted octanol–water partition coefficient (Wildman–Crippen LogP) is 1.16. The van der Waals surface area contributed by atoms with Gasteiger partial charge in [0.1, 0.15) is 6.04 Å². The summed E-state index contributed by atoms with van der Waals surface area (Å²) in [6.07, 6.45) is 3.40. The lowest BCUT2D eigenvalue weighted by Crippen LogP contribution is -2.40. The topological polar surface area (TPSA) is 76.8 Å². The Morgan fingerprint density at radius 3 is 2.54 bits per heavy atom. The number of nitrogens with zero attached hydrogens (tertiary/aromatic N) is 3. The fourth-order valence-electron chi connectivity index (χ4n) is 1.02. The van der Waals surface area contributed by atoms with Gasteiger partial charge in [0.15, 0.2) is 0 Å². The summed E-state index contributed by atoms with van der Waals surface area (Å²) in [6.45, 7) is 2.80. The highest BCUT2D eigenvalue weighted by atomic mass is 15.4. The Balaban J connectivity index is 3.73. The first-order valence-electron chi connectivity index (χ1n) is 4.54. The SMILES string of the molecule is CCCCCN(N)C(C#N)CC#N. The summed E-state index contributed by atoms with van der Waals surface area (Å²) in [4.78, 5) is 0. The van der Waals surface area contributed by atoms with E-state index in [1.54, 1.807) is 0 Å². The van der Waals surface area contributed by atoms with Crippen LogP contribution in [0.5, 0.6) is 0 Å². The molecule has 0 aromatic rings. The van der Waals surface area contributed by atoms with Crippen LogP contribution in [0.4, 0.5) is 0 Å². The Morgan fingerprint density at radius 2 is 2.08 bits per heavy atom. The predicted molar refractivity (Wildman–Crippen MR) is 50.0 cm³/mol. The Labute approximate surface area is 79.5 Å². The van der Waals surface area contributed by atoms with Crippen molar-refractivity contribution in [2.24, 2.45) is 5.84 Å². The number of hydrogen-bond donors (Lipinski definition) is 1. The van der Waals surface area contributed by atoms with Crippen LogP contribution in [-0.2, 0) is 0 Å². The smallest absolute Gasteiger partial charge is 0.124 e. The van der Waals surface area contributed by atoms with Gasteiger partial charge in [-0.3, -0.25) is 5.84 Å². The van der Waals surface area contributed by atoms with Crippen molar-refractivity contribution in [1.82, 2.24) is 5.01 Å². The standard InChI is InChI=1S/C9H16N4/c1-2-3-4-7-13(12)9(8-11)5-6-10/h9H,2-5,7,12H2,1H3. The molecule has 1 unspecified atom stereocenters. The van der Waals surface area contributed by atoms with Crippen LogP contribution in [0.2, 0.25) is 0 Å². The van der Waals surface area contributed by atoms with Crippen molar-refractivity contribution in [2.75, 3.05) is 6.54 Å².